The molecule has 0 aliphatic heterocycles. The van der Waals surface area contributed by atoms with Crippen LogP contribution < -0.4 is 10.6 Å². The highest BCUT2D eigenvalue weighted by atomic mass is 32.2. The fourth-order valence-electron chi connectivity index (χ4n) is 1.22. The second-order valence-corrected chi connectivity index (χ2v) is 6.31. The van der Waals surface area contributed by atoms with Gasteiger partial charge in [0.2, 0.25) is 5.89 Å². The smallest absolute Gasteiger partial charge is 0.315 e. The first-order valence-electron chi connectivity index (χ1n) is 6.03. The summed E-state index contributed by atoms with van der Waals surface area (Å²) >= 11 is 0. The van der Waals surface area contributed by atoms with E-state index in [1.807, 2.05) is 0 Å². The standard InChI is InChI=1S/C10H20N4O4S/c1-3-19(15,16)7-5-12-10-14-13-9(18-10)8-11-4-6-17-2/h11H,3-8H2,1-2H3,(H,12,14). The van der Waals surface area contributed by atoms with Crippen molar-refractivity contribution in [2.45, 2.75) is 13.5 Å². The van der Waals surface area contributed by atoms with Gasteiger partial charge >= 0.3 is 6.01 Å². The zero-order valence-corrected chi connectivity index (χ0v) is 12.0. The van der Waals surface area contributed by atoms with E-state index in [9.17, 15) is 8.42 Å². The minimum atomic E-state index is -2.98. The van der Waals surface area contributed by atoms with Crippen molar-refractivity contribution in [1.82, 2.24) is 15.5 Å². The van der Waals surface area contributed by atoms with Gasteiger partial charge in [-0.25, -0.2) is 8.42 Å². The number of rotatable bonds is 10. The van der Waals surface area contributed by atoms with E-state index < -0.39 is 9.84 Å². The molecule has 1 aromatic rings. The van der Waals surface area contributed by atoms with Crippen molar-refractivity contribution in [3.8, 4) is 0 Å². The molecule has 0 fully saturated rings. The van der Waals surface area contributed by atoms with E-state index in [2.05, 4.69) is 20.8 Å². The molecule has 0 saturated heterocycles. The number of sulfone groups is 1. The Morgan fingerprint density at radius 2 is 2.11 bits per heavy atom. The molecule has 2 N–H and O–H groups in total. The van der Waals surface area contributed by atoms with Crippen LogP contribution in [0.4, 0.5) is 6.01 Å². The zero-order chi connectivity index (χ0) is 14.1. The van der Waals surface area contributed by atoms with Crippen LogP contribution in [0.3, 0.4) is 0 Å². The lowest BCUT2D eigenvalue weighted by atomic mass is 10.6. The number of aromatic nitrogens is 2. The fraction of sp³-hybridized carbons (Fsp3) is 0.800. The van der Waals surface area contributed by atoms with Crippen molar-refractivity contribution >= 4 is 15.9 Å². The molecule has 9 heteroatoms. The van der Waals surface area contributed by atoms with Crippen LogP contribution in [0.25, 0.3) is 0 Å². The molecule has 19 heavy (non-hydrogen) atoms. The van der Waals surface area contributed by atoms with Crippen molar-refractivity contribution < 1.29 is 17.6 Å². The van der Waals surface area contributed by atoms with E-state index in [0.717, 1.165) is 0 Å². The van der Waals surface area contributed by atoms with Crippen molar-refractivity contribution in [3.05, 3.63) is 5.89 Å². The van der Waals surface area contributed by atoms with E-state index in [1.54, 1.807) is 14.0 Å². The minimum Gasteiger partial charge on any atom is -0.407 e. The molecule has 0 radical (unpaired) electrons. The number of nitrogens with zero attached hydrogens (tertiary/aromatic N) is 2. The van der Waals surface area contributed by atoms with Crippen molar-refractivity contribution in [2.75, 3.05) is 43.6 Å². The number of nitrogens with one attached hydrogen (secondary N) is 2. The first-order valence-corrected chi connectivity index (χ1v) is 7.86. The van der Waals surface area contributed by atoms with E-state index >= 15 is 0 Å². The third-order valence-corrected chi connectivity index (χ3v) is 4.06. The Labute approximate surface area is 112 Å². The van der Waals surface area contributed by atoms with Crippen LogP contribution in [0.15, 0.2) is 4.42 Å². The molecule has 1 heterocycles. The largest absolute Gasteiger partial charge is 0.407 e. The Morgan fingerprint density at radius 1 is 1.32 bits per heavy atom. The van der Waals surface area contributed by atoms with Crippen molar-refractivity contribution in [3.63, 3.8) is 0 Å². The molecule has 0 spiro atoms. The lowest BCUT2D eigenvalue weighted by Crippen LogP contribution is -2.18. The summed E-state index contributed by atoms with van der Waals surface area (Å²) in [5.74, 6) is 0.623. The number of ether oxygens (including phenoxy) is 1. The van der Waals surface area contributed by atoms with E-state index in [1.165, 1.54) is 0 Å². The predicted molar refractivity (Wildman–Crippen MR) is 70.7 cm³/mol. The number of methoxy groups -OCH3 is 1. The van der Waals surface area contributed by atoms with Gasteiger partial charge in [-0.15, -0.1) is 5.10 Å². The highest BCUT2D eigenvalue weighted by molar-refractivity contribution is 7.91. The molecule has 1 aromatic heterocycles. The molecular weight excluding hydrogens is 272 g/mol. The van der Waals surface area contributed by atoms with Gasteiger partial charge in [0.15, 0.2) is 9.84 Å². The van der Waals surface area contributed by atoms with Crippen LogP contribution in [0, 0.1) is 0 Å². The summed E-state index contributed by atoms with van der Waals surface area (Å²) in [7, 11) is -1.36. The third kappa shape index (κ3) is 6.50. The minimum absolute atomic E-state index is 0.0489. The summed E-state index contributed by atoms with van der Waals surface area (Å²) in [6.45, 7) is 3.62. The Hall–Kier alpha value is -1.19. The van der Waals surface area contributed by atoms with E-state index in [0.29, 0.717) is 25.6 Å². The summed E-state index contributed by atoms with van der Waals surface area (Å²) in [6.07, 6.45) is 0. The lowest BCUT2D eigenvalue weighted by Gasteiger charge is -2.01. The van der Waals surface area contributed by atoms with Gasteiger partial charge in [-0.05, 0) is 0 Å². The molecule has 0 bridgehead atoms. The van der Waals surface area contributed by atoms with Crippen molar-refractivity contribution in [2.24, 2.45) is 0 Å². The highest BCUT2D eigenvalue weighted by Gasteiger charge is 2.09. The summed E-state index contributed by atoms with van der Waals surface area (Å²) in [5.41, 5.74) is 0. The molecule has 0 aromatic carbocycles. The topological polar surface area (TPSA) is 106 Å². The molecule has 0 aliphatic carbocycles. The molecule has 1 rings (SSSR count). The predicted octanol–water partition coefficient (Wildman–Crippen LogP) is -0.348. The molecule has 0 aliphatic rings. The fourth-order valence-corrected chi connectivity index (χ4v) is 1.93. The molecular formula is C10H20N4O4S. The quantitative estimate of drug-likeness (QED) is 0.564. The molecule has 0 atom stereocenters. The zero-order valence-electron chi connectivity index (χ0n) is 11.2. The van der Waals surface area contributed by atoms with Gasteiger partial charge in [-0.1, -0.05) is 12.0 Å². The van der Waals surface area contributed by atoms with Gasteiger partial charge in [-0.2, -0.15) is 0 Å². The number of hydrogen-bond acceptors (Lipinski definition) is 8. The summed E-state index contributed by atoms with van der Waals surface area (Å²) in [6, 6.07) is 0.231. The normalized spacial score (nSPS) is 11.7. The third-order valence-electron chi connectivity index (χ3n) is 2.36. The number of hydrogen-bond donors (Lipinski definition) is 2. The van der Waals surface area contributed by atoms with Crippen LogP contribution >= 0.6 is 0 Å². The van der Waals surface area contributed by atoms with Crippen LogP contribution in [0.2, 0.25) is 0 Å². The van der Waals surface area contributed by atoms with Gasteiger partial charge in [0.25, 0.3) is 0 Å². The highest BCUT2D eigenvalue weighted by Crippen LogP contribution is 2.04. The van der Waals surface area contributed by atoms with Gasteiger partial charge in [0, 0.05) is 26.0 Å². The maximum absolute atomic E-state index is 11.3. The Balaban J connectivity index is 2.27. The second-order valence-electron chi connectivity index (χ2n) is 3.83. The van der Waals surface area contributed by atoms with E-state index in [4.69, 9.17) is 9.15 Å². The maximum Gasteiger partial charge on any atom is 0.315 e. The van der Waals surface area contributed by atoms with Gasteiger partial charge in [0.05, 0.1) is 18.9 Å². The molecule has 110 valence electrons. The number of anilines is 1. The van der Waals surface area contributed by atoms with Crippen LogP contribution in [0.5, 0.6) is 0 Å². The van der Waals surface area contributed by atoms with Crippen LogP contribution in [0.1, 0.15) is 12.8 Å². The average molecular weight is 292 g/mol. The average Bonchev–Trinajstić information content (AvgIpc) is 2.82. The molecule has 8 nitrogen and oxygen atoms in total. The molecule has 0 unspecified atom stereocenters. The monoisotopic (exact) mass is 292 g/mol. The Bertz CT molecular complexity index is 460. The summed E-state index contributed by atoms with van der Waals surface area (Å²) < 4.78 is 32.7. The van der Waals surface area contributed by atoms with Gasteiger partial charge < -0.3 is 19.8 Å². The SMILES string of the molecule is CCS(=O)(=O)CCNc1nnc(CNCCOC)o1. The first-order chi connectivity index (χ1) is 9.07. The maximum atomic E-state index is 11.3. The van der Waals surface area contributed by atoms with Crippen molar-refractivity contribution in [1.29, 1.82) is 0 Å². The summed E-state index contributed by atoms with van der Waals surface area (Å²) in [5, 5.41) is 13.4. The second kappa shape index (κ2) is 8.08. The lowest BCUT2D eigenvalue weighted by molar-refractivity contribution is 0.198. The summed E-state index contributed by atoms with van der Waals surface area (Å²) in [4.78, 5) is 0. The van der Waals surface area contributed by atoms with E-state index in [-0.39, 0.29) is 24.1 Å². The Kier molecular flexibility index (Phi) is 6.74. The molecule has 0 amide bonds. The first kappa shape index (κ1) is 15.9. The van der Waals surface area contributed by atoms with Gasteiger partial charge in [0.1, 0.15) is 0 Å². The van der Waals surface area contributed by atoms with Crippen LogP contribution in [-0.4, -0.2) is 56.9 Å². The van der Waals surface area contributed by atoms with Crippen LogP contribution in [-0.2, 0) is 21.1 Å². The van der Waals surface area contributed by atoms with Gasteiger partial charge in [-0.3, -0.25) is 0 Å². The molecule has 0 saturated carbocycles. The Morgan fingerprint density at radius 3 is 2.79 bits per heavy atom.